The number of aromatic nitrogens is 1. The number of benzene rings is 1. The van der Waals surface area contributed by atoms with Crippen LogP contribution < -0.4 is 0 Å². The molecule has 2 atom stereocenters. The summed E-state index contributed by atoms with van der Waals surface area (Å²) in [6.45, 7) is 1.36. The fourth-order valence-electron chi connectivity index (χ4n) is 3.44. The van der Waals surface area contributed by atoms with Crippen molar-refractivity contribution in [3.8, 4) is 0 Å². The molecular weight excluding hydrogens is 319 g/mol. The van der Waals surface area contributed by atoms with Crippen molar-refractivity contribution >= 4 is 5.91 Å². The second-order valence-corrected chi connectivity index (χ2v) is 6.50. The zero-order chi connectivity index (χ0) is 17.6. The lowest BCUT2D eigenvalue weighted by Gasteiger charge is -2.38. The number of nitrogens with zero attached hydrogens (tertiary/aromatic N) is 2. The molecule has 1 saturated heterocycles. The quantitative estimate of drug-likeness (QED) is 0.839. The first-order valence-electron chi connectivity index (χ1n) is 8.60. The van der Waals surface area contributed by atoms with Crippen LogP contribution in [0.1, 0.15) is 17.7 Å². The second-order valence-electron chi connectivity index (χ2n) is 6.50. The average Bonchev–Trinajstić information content (AvgIpc) is 2.64. The van der Waals surface area contributed by atoms with Crippen LogP contribution in [-0.2, 0) is 22.4 Å². The van der Waals surface area contributed by atoms with Gasteiger partial charge in [0.2, 0.25) is 5.91 Å². The van der Waals surface area contributed by atoms with E-state index in [-0.39, 0.29) is 30.2 Å². The Morgan fingerprint density at radius 2 is 2.08 bits per heavy atom. The number of hydrogen-bond acceptors (Lipinski definition) is 3. The Kier molecular flexibility index (Phi) is 5.76. The fourth-order valence-corrected chi connectivity index (χ4v) is 3.44. The minimum absolute atomic E-state index is 0.0340. The molecule has 1 fully saturated rings. The molecule has 25 heavy (non-hydrogen) atoms. The van der Waals surface area contributed by atoms with Gasteiger partial charge in [0.1, 0.15) is 5.82 Å². The number of pyridine rings is 1. The number of piperidine rings is 1. The van der Waals surface area contributed by atoms with Gasteiger partial charge in [-0.1, -0.05) is 30.3 Å². The van der Waals surface area contributed by atoms with Crippen molar-refractivity contribution in [3.63, 3.8) is 0 Å². The van der Waals surface area contributed by atoms with Crippen molar-refractivity contribution in [2.45, 2.75) is 25.4 Å². The third kappa shape index (κ3) is 4.63. The first kappa shape index (κ1) is 17.5. The van der Waals surface area contributed by atoms with Gasteiger partial charge >= 0.3 is 0 Å². The van der Waals surface area contributed by atoms with Gasteiger partial charge in [-0.15, -0.1) is 0 Å². The van der Waals surface area contributed by atoms with Gasteiger partial charge in [0.05, 0.1) is 18.7 Å². The van der Waals surface area contributed by atoms with Gasteiger partial charge in [-0.3, -0.25) is 9.78 Å². The number of halogens is 1. The number of amides is 1. The molecule has 0 bridgehead atoms. The minimum atomic E-state index is -0.389. The lowest BCUT2D eigenvalue weighted by Crippen LogP contribution is -2.47. The molecule has 1 aromatic carbocycles. The van der Waals surface area contributed by atoms with E-state index in [1.807, 2.05) is 23.1 Å². The first-order valence-corrected chi connectivity index (χ1v) is 8.60. The Bertz CT molecular complexity index is 691. The summed E-state index contributed by atoms with van der Waals surface area (Å²) in [6, 6.07) is 13.2. The van der Waals surface area contributed by atoms with Crippen LogP contribution in [0.4, 0.5) is 4.39 Å². The summed E-state index contributed by atoms with van der Waals surface area (Å²) in [5, 5.41) is 0. The molecule has 0 unspecified atom stereocenters. The van der Waals surface area contributed by atoms with Gasteiger partial charge in [0.15, 0.2) is 0 Å². The number of ether oxygens (including phenoxy) is 1. The van der Waals surface area contributed by atoms with E-state index < -0.39 is 0 Å². The summed E-state index contributed by atoms with van der Waals surface area (Å²) in [4.78, 5) is 18.5. The van der Waals surface area contributed by atoms with Crippen LogP contribution in [0.3, 0.4) is 0 Å². The predicted molar refractivity (Wildman–Crippen MR) is 93.5 cm³/mol. The third-order valence-electron chi connectivity index (χ3n) is 4.78. The number of likely N-dealkylation sites (tertiary alicyclic amines) is 1. The van der Waals surface area contributed by atoms with Crippen LogP contribution in [0.5, 0.6) is 0 Å². The summed E-state index contributed by atoms with van der Waals surface area (Å²) in [5.74, 6) is -0.0852. The number of hydrogen-bond donors (Lipinski definition) is 0. The van der Waals surface area contributed by atoms with Gasteiger partial charge in [-0.25, -0.2) is 4.39 Å². The lowest BCUT2D eigenvalue weighted by molar-refractivity contribution is -0.134. The highest BCUT2D eigenvalue weighted by molar-refractivity contribution is 5.78. The highest BCUT2D eigenvalue weighted by Gasteiger charge is 2.31. The van der Waals surface area contributed by atoms with Crippen LogP contribution in [0.25, 0.3) is 0 Å². The Balaban J connectivity index is 1.64. The molecule has 132 valence electrons. The molecule has 0 radical (unpaired) electrons. The number of rotatable bonds is 5. The molecule has 1 aliphatic heterocycles. The monoisotopic (exact) mass is 342 g/mol. The van der Waals surface area contributed by atoms with E-state index in [1.165, 1.54) is 11.6 Å². The maximum atomic E-state index is 12.9. The van der Waals surface area contributed by atoms with Crippen molar-refractivity contribution in [3.05, 3.63) is 65.7 Å². The molecule has 0 saturated carbocycles. The predicted octanol–water partition coefficient (Wildman–Crippen LogP) is 2.87. The van der Waals surface area contributed by atoms with E-state index in [0.29, 0.717) is 18.8 Å². The van der Waals surface area contributed by atoms with Crippen molar-refractivity contribution < 1.29 is 13.9 Å². The van der Waals surface area contributed by atoms with Crippen molar-refractivity contribution in [2.24, 2.45) is 5.92 Å². The molecule has 2 aromatic rings. The molecule has 3 rings (SSSR count). The maximum absolute atomic E-state index is 12.9. The highest BCUT2D eigenvalue weighted by atomic mass is 19.1. The minimum Gasteiger partial charge on any atom is -0.381 e. The van der Waals surface area contributed by atoms with Crippen molar-refractivity contribution in [1.29, 1.82) is 0 Å². The van der Waals surface area contributed by atoms with E-state index in [9.17, 15) is 9.18 Å². The summed E-state index contributed by atoms with van der Waals surface area (Å²) in [6.07, 6.45) is 3.23. The fraction of sp³-hybridized carbons (Fsp3) is 0.400. The van der Waals surface area contributed by atoms with E-state index in [0.717, 1.165) is 19.0 Å². The van der Waals surface area contributed by atoms with E-state index in [4.69, 9.17) is 4.74 Å². The normalized spacial score (nSPS) is 20.5. The molecule has 0 spiro atoms. The van der Waals surface area contributed by atoms with Crippen LogP contribution in [0.2, 0.25) is 0 Å². The van der Waals surface area contributed by atoms with E-state index >= 15 is 0 Å². The highest BCUT2D eigenvalue weighted by Crippen LogP contribution is 2.24. The Morgan fingerprint density at radius 3 is 2.76 bits per heavy atom. The largest absolute Gasteiger partial charge is 0.381 e. The summed E-state index contributed by atoms with van der Waals surface area (Å²) in [5.41, 5.74) is 1.85. The molecule has 4 nitrogen and oxygen atoms in total. The third-order valence-corrected chi connectivity index (χ3v) is 4.78. The van der Waals surface area contributed by atoms with Crippen LogP contribution in [0, 0.1) is 11.7 Å². The van der Waals surface area contributed by atoms with E-state index in [2.05, 4.69) is 17.1 Å². The summed E-state index contributed by atoms with van der Waals surface area (Å²) < 4.78 is 18.6. The maximum Gasteiger partial charge on any atom is 0.228 e. The zero-order valence-corrected chi connectivity index (χ0v) is 14.4. The topological polar surface area (TPSA) is 42.4 Å². The molecule has 1 aliphatic rings. The standard InChI is InChI=1S/C20H23FN2O2/c1-25-19-9-10-23(14-16(19)11-15-5-3-2-4-6-15)20(24)12-18-8-7-17(21)13-22-18/h2-8,13,16,19H,9-12,14H2,1H3/t16-,19-/m1/s1. The second kappa shape index (κ2) is 8.21. The Hall–Kier alpha value is -2.27. The van der Waals surface area contributed by atoms with Gasteiger partial charge < -0.3 is 9.64 Å². The number of carbonyl (C=O) groups excluding carboxylic acids is 1. The first-order chi connectivity index (χ1) is 12.2. The number of methoxy groups -OCH3 is 1. The lowest BCUT2D eigenvalue weighted by atomic mass is 9.88. The van der Waals surface area contributed by atoms with Crippen LogP contribution >= 0.6 is 0 Å². The van der Waals surface area contributed by atoms with Gasteiger partial charge in [-0.05, 0) is 30.5 Å². The Morgan fingerprint density at radius 1 is 1.28 bits per heavy atom. The summed E-state index contributed by atoms with van der Waals surface area (Å²) >= 11 is 0. The van der Waals surface area contributed by atoms with E-state index in [1.54, 1.807) is 13.2 Å². The summed E-state index contributed by atoms with van der Waals surface area (Å²) in [7, 11) is 1.74. The molecule has 1 amide bonds. The van der Waals surface area contributed by atoms with Crippen LogP contribution in [0.15, 0.2) is 48.7 Å². The molecule has 0 aliphatic carbocycles. The Labute approximate surface area is 147 Å². The van der Waals surface area contributed by atoms with Crippen LogP contribution in [-0.4, -0.2) is 42.1 Å². The average molecular weight is 342 g/mol. The SMILES string of the molecule is CO[C@@H]1CCN(C(=O)Cc2ccc(F)cn2)C[C@H]1Cc1ccccc1. The molecule has 0 N–H and O–H groups in total. The van der Waals surface area contributed by atoms with Gasteiger partial charge in [-0.2, -0.15) is 0 Å². The van der Waals surface area contributed by atoms with Crippen molar-refractivity contribution in [2.75, 3.05) is 20.2 Å². The molecule has 5 heteroatoms. The molecule has 2 heterocycles. The van der Waals surface area contributed by atoms with Crippen molar-refractivity contribution in [1.82, 2.24) is 9.88 Å². The van der Waals surface area contributed by atoms with Gasteiger partial charge in [0, 0.05) is 31.8 Å². The smallest absolute Gasteiger partial charge is 0.228 e. The zero-order valence-electron chi connectivity index (χ0n) is 14.4. The molecular formula is C20H23FN2O2. The van der Waals surface area contributed by atoms with Gasteiger partial charge in [0.25, 0.3) is 0 Å². The molecule has 1 aromatic heterocycles. The number of carbonyl (C=O) groups is 1.